The fraction of sp³-hybridized carbons (Fsp3) is 0.435. The van der Waals surface area contributed by atoms with Gasteiger partial charge in [-0.3, -0.25) is 4.79 Å². The first-order valence-electron chi connectivity index (χ1n) is 10.2. The van der Waals surface area contributed by atoms with E-state index in [0.29, 0.717) is 0 Å². The first-order valence-corrected chi connectivity index (χ1v) is 10.6. The highest BCUT2D eigenvalue weighted by atomic mass is 35.5. The van der Waals surface area contributed by atoms with Crippen LogP contribution in [0.1, 0.15) is 42.9 Å². The van der Waals surface area contributed by atoms with Gasteiger partial charge in [0, 0.05) is 18.4 Å². The molecule has 1 aliphatic heterocycles. The predicted octanol–water partition coefficient (Wildman–Crippen LogP) is 5.46. The second kappa shape index (κ2) is 9.57. The lowest BCUT2D eigenvalue weighted by Gasteiger charge is -2.40. The molecule has 1 aliphatic rings. The van der Waals surface area contributed by atoms with Gasteiger partial charge in [-0.15, -0.1) is 0 Å². The van der Waals surface area contributed by atoms with Gasteiger partial charge in [-0.2, -0.15) is 13.2 Å². The lowest BCUT2D eigenvalue weighted by atomic mass is 9.66. The molecular formula is C23H25ClF4N2O. The van der Waals surface area contributed by atoms with Gasteiger partial charge in [0.05, 0.1) is 10.6 Å². The number of carbonyl (C=O) groups is 1. The van der Waals surface area contributed by atoms with Crippen LogP contribution in [0, 0.1) is 11.7 Å². The molecule has 1 saturated heterocycles. The van der Waals surface area contributed by atoms with E-state index in [1.54, 1.807) is 12.1 Å². The molecule has 2 aromatic carbocycles. The zero-order valence-electron chi connectivity index (χ0n) is 17.2. The third-order valence-corrected chi connectivity index (χ3v) is 6.58. The molecule has 1 atom stereocenters. The molecule has 0 aliphatic carbocycles. The first-order chi connectivity index (χ1) is 14.6. The number of amides is 1. The summed E-state index contributed by atoms with van der Waals surface area (Å²) in [4.78, 5) is 12.8. The Labute approximate surface area is 184 Å². The second-order valence-corrected chi connectivity index (χ2v) is 8.56. The lowest BCUT2D eigenvalue weighted by Crippen LogP contribution is -2.43. The van der Waals surface area contributed by atoms with E-state index < -0.39 is 22.2 Å². The SMILES string of the molecule is CC(CC(=O)NCc1cccc(C(F)(F)F)c1Cl)(c1ccc(F)cc1)C1CCNCC1. The van der Waals surface area contributed by atoms with E-state index in [9.17, 15) is 22.4 Å². The van der Waals surface area contributed by atoms with Crippen LogP contribution in [0.15, 0.2) is 42.5 Å². The summed E-state index contributed by atoms with van der Waals surface area (Å²) in [6.07, 6.45) is -2.67. The van der Waals surface area contributed by atoms with Crippen molar-refractivity contribution in [1.29, 1.82) is 0 Å². The molecule has 0 saturated carbocycles. The van der Waals surface area contributed by atoms with Gasteiger partial charge >= 0.3 is 6.18 Å². The molecule has 2 aromatic rings. The fourth-order valence-electron chi connectivity index (χ4n) is 4.30. The summed E-state index contributed by atoms with van der Waals surface area (Å²) in [6, 6.07) is 9.82. The van der Waals surface area contributed by atoms with E-state index in [1.165, 1.54) is 24.3 Å². The van der Waals surface area contributed by atoms with Crippen LogP contribution < -0.4 is 10.6 Å². The summed E-state index contributed by atoms with van der Waals surface area (Å²) in [5.41, 5.74) is -0.382. The first kappa shape index (κ1) is 23.5. The molecule has 1 unspecified atom stereocenters. The van der Waals surface area contributed by atoms with Gasteiger partial charge in [0.15, 0.2) is 0 Å². The lowest BCUT2D eigenvalue weighted by molar-refractivity contribution is -0.137. The van der Waals surface area contributed by atoms with Crippen LogP contribution in [0.4, 0.5) is 17.6 Å². The predicted molar refractivity (Wildman–Crippen MR) is 112 cm³/mol. The number of hydrogen-bond donors (Lipinski definition) is 2. The standard InChI is InChI=1S/C23H25ClF4N2O/c1-22(17-9-11-29-12-10-17,16-5-7-18(25)8-6-16)13-20(31)30-14-15-3-2-4-19(21(15)24)23(26,27)28/h2-8,17,29H,9-14H2,1H3,(H,30,31). The maximum atomic E-state index is 13.5. The number of rotatable bonds is 6. The Morgan fingerprint density at radius 2 is 1.77 bits per heavy atom. The topological polar surface area (TPSA) is 41.1 Å². The minimum Gasteiger partial charge on any atom is -0.352 e. The number of carbonyl (C=O) groups excluding carboxylic acids is 1. The molecule has 0 aromatic heterocycles. The summed E-state index contributed by atoms with van der Waals surface area (Å²) in [5.74, 6) is -0.430. The number of nitrogens with one attached hydrogen (secondary N) is 2. The maximum absolute atomic E-state index is 13.5. The summed E-state index contributed by atoms with van der Waals surface area (Å²) in [5, 5.41) is 5.61. The average molecular weight is 457 g/mol. The van der Waals surface area contributed by atoms with E-state index >= 15 is 0 Å². The summed E-state index contributed by atoms with van der Waals surface area (Å²) >= 11 is 5.93. The number of alkyl halides is 3. The van der Waals surface area contributed by atoms with Gasteiger partial charge in [0.2, 0.25) is 5.91 Å². The van der Waals surface area contributed by atoms with E-state index in [0.717, 1.165) is 37.6 Å². The van der Waals surface area contributed by atoms with E-state index in [2.05, 4.69) is 10.6 Å². The highest BCUT2D eigenvalue weighted by Gasteiger charge is 2.38. The molecule has 31 heavy (non-hydrogen) atoms. The van der Waals surface area contributed by atoms with Gasteiger partial charge in [-0.25, -0.2) is 4.39 Å². The van der Waals surface area contributed by atoms with Crippen LogP contribution in [0.2, 0.25) is 5.02 Å². The van der Waals surface area contributed by atoms with Crippen molar-refractivity contribution in [2.75, 3.05) is 13.1 Å². The summed E-state index contributed by atoms with van der Waals surface area (Å²) in [6.45, 7) is 3.56. The van der Waals surface area contributed by atoms with Crippen LogP contribution in [0.25, 0.3) is 0 Å². The Kier molecular flexibility index (Phi) is 7.27. The minimum absolute atomic E-state index is 0.104. The monoisotopic (exact) mass is 456 g/mol. The Bertz CT molecular complexity index is 911. The maximum Gasteiger partial charge on any atom is 0.417 e. The van der Waals surface area contributed by atoms with Crippen LogP contribution in [-0.4, -0.2) is 19.0 Å². The van der Waals surface area contributed by atoms with Crippen molar-refractivity contribution < 1.29 is 22.4 Å². The molecule has 1 fully saturated rings. The molecule has 2 N–H and O–H groups in total. The van der Waals surface area contributed by atoms with Crippen molar-refractivity contribution in [2.45, 2.75) is 44.3 Å². The smallest absolute Gasteiger partial charge is 0.352 e. The summed E-state index contributed by atoms with van der Waals surface area (Å²) < 4.78 is 52.7. The Balaban J connectivity index is 1.76. The van der Waals surface area contributed by atoms with E-state index in [1.807, 2.05) is 6.92 Å². The van der Waals surface area contributed by atoms with Gasteiger partial charge < -0.3 is 10.6 Å². The van der Waals surface area contributed by atoms with Crippen LogP contribution in [-0.2, 0) is 22.9 Å². The van der Waals surface area contributed by atoms with Gasteiger partial charge in [-0.05, 0) is 61.2 Å². The van der Waals surface area contributed by atoms with Gasteiger partial charge in [0.1, 0.15) is 5.82 Å². The van der Waals surface area contributed by atoms with Gasteiger partial charge in [0.25, 0.3) is 0 Å². The number of benzene rings is 2. The molecule has 1 heterocycles. The molecule has 168 valence electrons. The van der Waals surface area contributed by atoms with E-state index in [4.69, 9.17) is 11.6 Å². The van der Waals surface area contributed by atoms with Gasteiger partial charge in [-0.1, -0.05) is 42.8 Å². The van der Waals surface area contributed by atoms with Crippen molar-refractivity contribution >= 4 is 17.5 Å². The summed E-state index contributed by atoms with van der Waals surface area (Å²) in [7, 11) is 0. The van der Waals surface area contributed by atoms with Crippen molar-refractivity contribution in [3.05, 3.63) is 70.0 Å². The van der Waals surface area contributed by atoms with Crippen molar-refractivity contribution in [3.63, 3.8) is 0 Å². The van der Waals surface area contributed by atoms with Crippen molar-refractivity contribution in [2.24, 2.45) is 5.92 Å². The molecule has 0 radical (unpaired) electrons. The van der Waals surface area contributed by atoms with E-state index in [-0.39, 0.29) is 36.2 Å². The number of halogens is 5. The number of hydrogen-bond acceptors (Lipinski definition) is 2. The average Bonchev–Trinajstić information content (AvgIpc) is 2.73. The van der Waals surface area contributed by atoms with Crippen LogP contribution >= 0.6 is 11.6 Å². The highest BCUT2D eigenvalue weighted by molar-refractivity contribution is 6.32. The zero-order valence-corrected chi connectivity index (χ0v) is 17.9. The highest BCUT2D eigenvalue weighted by Crippen LogP contribution is 2.40. The van der Waals surface area contributed by atoms with Crippen LogP contribution in [0.5, 0.6) is 0 Å². The fourth-order valence-corrected chi connectivity index (χ4v) is 4.60. The molecule has 0 spiro atoms. The quantitative estimate of drug-likeness (QED) is 0.566. The molecule has 1 amide bonds. The normalized spacial score (nSPS) is 17.2. The molecule has 3 nitrogen and oxygen atoms in total. The van der Waals surface area contributed by atoms with Crippen molar-refractivity contribution in [3.8, 4) is 0 Å². The third-order valence-electron chi connectivity index (χ3n) is 6.13. The zero-order chi connectivity index (χ0) is 22.6. The number of piperidine rings is 1. The molecule has 0 bridgehead atoms. The Morgan fingerprint density at radius 3 is 2.39 bits per heavy atom. The molecule has 8 heteroatoms. The second-order valence-electron chi connectivity index (χ2n) is 8.18. The van der Waals surface area contributed by atoms with Crippen molar-refractivity contribution in [1.82, 2.24) is 10.6 Å². The molecule has 3 rings (SSSR count). The third kappa shape index (κ3) is 5.57. The van der Waals surface area contributed by atoms with Crippen LogP contribution in [0.3, 0.4) is 0 Å². The largest absolute Gasteiger partial charge is 0.417 e. The minimum atomic E-state index is -4.56. The Morgan fingerprint density at radius 1 is 1.13 bits per heavy atom. The molecular weight excluding hydrogens is 432 g/mol. The Hall–Kier alpha value is -2.12.